The molecule has 0 bridgehead atoms. The third-order valence-corrected chi connectivity index (χ3v) is 4.06. The Kier molecular flexibility index (Phi) is 5.60. The van der Waals surface area contributed by atoms with Crippen LogP contribution < -0.4 is 5.32 Å². The van der Waals surface area contributed by atoms with Crippen molar-refractivity contribution in [1.29, 1.82) is 0 Å². The largest absolute Gasteiger partial charge is 0.345 e. The minimum Gasteiger partial charge on any atom is -0.345 e. The second-order valence-corrected chi connectivity index (χ2v) is 6.08. The van der Waals surface area contributed by atoms with Gasteiger partial charge in [0, 0.05) is 42.1 Å². The van der Waals surface area contributed by atoms with Gasteiger partial charge in [-0.2, -0.15) is 0 Å². The summed E-state index contributed by atoms with van der Waals surface area (Å²) in [5, 5.41) is 2.83. The first-order chi connectivity index (χ1) is 11.0. The number of hydrogen-bond donors (Lipinski definition) is 1. The summed E-state index contributed by atoms with van der Waals surface area (Å²) in [5.74, 6) is -0.252. The normalized spacial score (nSPS) is 10.4. The molecular weight excluding hydrogens is 358 g/mol. The van der Waals surface area contributed by atoms with Crippen molar-refractivity contribution in [1.82, 2.24) is 9.47 Å². The Hall–Kier alpha value is -2.08. The van der Waals surface area contributed by atoms with Crippen LogP contribution >= 0.6 is 15.9 Å². The smallest absolute Gasteiger partial charge is 0.272 e. The average molecular weight is 378 g/mol. The highest BCUT2D eigenvalue weighted by Crippen LogP contribution is 2.17. The Labute approximate surface area is 144 Å². The topological polar surface area (TPSA) is 54.3 Å². The lowest BCUT2D eigenvalue weighted by Gasteiger charge is -2.19. The van der Waals surface area contributed by atoms with Crippen molar-refractivity contribution < 1.29 is 9.59 Å². The zero-order valence-corrected chi connectivity index (χ0v) is 15.1. The first kappa shape index (κ1) is 17.3. The van der Waals surface area contributed by atoms with Crippen molar-refractivity contribution in [3.63, 3.8) is 0 Å². The van der Waals surface area contributed by atoms with Crippen molar-refractivity contribution >= 4 is 33.4 Å². The maximum absolute atomic E-state index is 12.4. The first-order valence-electron chi connectivity index (χ1n) is 7.48. The average Bonchev–Trinajstić information content (AvgIpc) is 2.87. The third kappa shape index (κ3) is 4.01. The van der Waals surface area contributed by atoms with Crippen molar-refractivity contribution in [3.05, 3.63) is 52.3 Å². The van der Waals surface area contributed by atoms with E-state index < -0.39 is 0 Å². The van der Waals surface area contributed by atoms with E-state index in [0.29, 0.717) is 30.0 Å². The van der Waals surface area contributed by atoms with E-state index in [-0.39, 0.29) is 11.8 Å². The predicted octanol–water partition coefficient (Wildman–Crippen LogP) is 3.52. The van der Waals surface area contributed by atoms with Crippen LogP contribution in [0.25, 0.3) is 0 Å². The summed E-state index contributed by atoms with van der Waals surface area (Å²) in [5.41, 5.74) is 1.71. The fourth-order valence-electron chi connectivity index (χ4n) is 2.37. The molecule has 2 amide bonds. The summed E-state index contributed by atoms with van der Waals surface area (Å²) in [7, 11) is 1.81. The minimum atomic E-state index is -0.217. The SMILES string of the molecule is CCN(CC)C(=O)c1cccc(NC(=O)c2cc(Br)cn2C)c1. The summed E-state index contributed by atoms with van der Waals surface area (Å²) in [6.45, 7) is 5.20. The van der Waals surface area contributed by atoms with Gasteiger partial charge in [0.15, 0.2) is 0 Å². The molecule has 0 spiro atoms. The molecule has 0 aliphatic rings. The van der Waals surface area contributed by atoms with Gasteiger partial charge in [-0.15, -0.1) is 0 Å². The van der Waals surface area contributed by atoms with Gasteiger partial charge in [0.25, 0.3) is 11.8 Å². The molecule has 23 heavy (non-hydrogen) atoms. The van der Waals surface area contributed by atoms with Gasteiger partial charge >= 0.3 is 0 Å². The van der Waals surface area contributed by atoms with E-state index in [1.54, 1.807) is 46.8 Å². The molecule has 2 aromatic rings. The number of amides is 2. The van der Waals surface area contributed by atoms with E-state index in [0.717, 1.165) is 4.47 Å². The van der Waals surface area contributed by atoms with Crippen LogP contribution in [0.4, 0.5) is 5.69 Å². The van der Waals surface area contributed by atoms with Gasteiger partial charge in [-0.1, -0.05) is 6.07 Å². The van der Waals surface area contributed by atoms with Crippen molar-refractivity contribution in [2.75, 3.05) is 18.4 Å². The molecule has 0 unspecified atom stereocenters. The first-order valence-corrected chi connectivity index (χ1v) is 8.28. The molecule has 0 fully saturated rings. The summed E-state index contributed by atoms with van der Waals surface area (Å²) in [6, 6.07) is 8.76. The van der Waals surface area contributed by atoms with Gasteiger partial charge in [-0.3, -0.25) is 9.59 Å². The van der Waals surface area contributed by atoms with E-state index in [1.165, 1.54) is 0 Å². The molecule has 0 saturated heterocycles. The summed E-state index contributed by atoms with van der Waals surface area (Å²) in [4.78, 5) is 26.4. The minimum absolute atomic E-state index is 0.0345. The van der Waals surface area contributed by atoms with Crippen LogP contribution in [0.15, 0.2) is 41.0 Å². The highest BCUT2D eigenvalue weighted by molar-refractivity contribution is 9.10. The molecule has 0 radical (unpaired) electrons. The molecular formula is C17H20BrN3O2. The lowest BCUT2D eigenvalue weighted by Crippen LogP contribution is -2.30. The number of hydrogen-bond acceptors (Lipinski definition) is 2. The van der Waals surface area contributed by atoms with Crippen molar-refractivity contribution in [3.8, 4) is 0 Å². The molecule has 1 heterocycles. The fraction of sp³-hybridized carbons (Fsp3) is 0.294. The lowest BCUT2D eigenvalue weighted by molar-refractivity contribution is 0.0772. The number of rotatable bonds is 5. The number of anilines is 1. The predicted molar refractivity (Wildman–Crippen MR) is 94.8 cm³/mol. The van der Waals surface area contributed by atoms with Crippen molar-refractivity contribution in [2.24, 2.45) is 7.05 Å². The Morgan fingerprint density at radius 3 is 2.48 bits per heavy atom. The quantitative estimate of drug-likeness (QED) is 0.866. The number of aryl methyl sites for hydroxylation is 1. The highest BCUT2D eigenvalue weighted by Gasteiger charge is 2.15. The number of carbonyl (C=O) groups is 2. The van der Waals surface area contributed by atoms with Crippen molar-refractivity contribution in [2.45, 2.75) is 13.8 Å². The van der Waals surface area contributed by atoms with Gasteiger partial charge < -0.3 is 14.8 Å². The number of nitrogens with zero attached hydrogens (tertiary/aromatic N) is 2. The number of benzene rings is 1. The Morgan fingerprint density at radius 2 is 1.91 bits per heavy atom. The zero-order chi connectivity index (χ0) is 17.0. The number of aromatic nitrogens is 1. The van der Waals surface area contributed by atoms with Gasteiger partial charge in [0.05, 0.1) is 0 Å². The molecule has 5 nitrogen and oxygen atoms in total. The number of halogens is 1. The van der Waals surface area contributed by atoms with Crippen LogP contribution in [-0.2, 0) is 7.05 Å². The zero-order valence-electron chi connectivity index (χ0n) is 13.5. The molecule has 0 saturated carbocycles. The molecule has 122 valence electrons. The van der Waals surface area contributed by atoms with E-state index in [4.69, 9.17) is 0 Å². The monoisotopic (exact) mass is 377 g/mol. The van der Waals surface area contributed by atoms with Crippen LogP contribution in [0.1, 0.15) is 34.7 Å². The molecule has 2 rings (SSSR count). The van der Waals surface area contributed by atoms with Crippen LogP contribution in [0.3, 0.4) is 0 Å². The third-order valence-electron chi connectivity index (χ3n) is 3.62. The molecule has 0 atom stereocenters. The molecule has 0 aliphatic carbocycles. The van der Waals surface area contributed by atoms with Crippen LogP contribution in [0, 0.1) is 0 Å². The Bertz CT molecular complexity index is 720. The standard InChI is InChI=1S/C17H20BrN3O2/c1-4-21(5-2)17(23)12-7-6-8-14(9-12)19-16(22)15-10-13(18)11-20(15)3/h6-11H,4-5H2,1-3H3,(H,19,22). The van der Waals surface area contributed by atoms with E-state index in [1.807, 2.05) is 20.0 Å². The van der Waals surface area contributed by atoms with E-state index >= 15 is 0 Å². The second kappa shape index (κ2) is 7.46. The summed E-state index contributed by atoms with van der Waals surface area (Å²) in [6.07, 6.45) is 1.81. The molecule has 1 aromatic carbocycles. The summed E-state index contributed by atoms with van der Waals surface area (Å²) >= 11 is 3.35. The maximum Gasteiger partial charge on any atom is 0.272 e. The maximum atomic E-state index is 12.4. The molecule has 1 aromatic heterocycles. The van der Waals surface area contributed by atoms with Gasteiger partial charge in [0.1, 0.15) is 5.69 Å². The van der Waals surface area contributed by atoms with Gasteiger partial charge in [0.2, 0.25) is 0 Å². The molecule has 6 heteroatoms. The number of nitrogens with one attached hydrogen (secondary N) is 1. The highest BCUT2D eigenvalue weighted by atomic mass is 79.9. The lowest BCUT2D eigenvalue weighted by atomic mass is 10.1. The summed E-state index contributed by atoms with van der Waals surface area (Å²) < 4.78 is 2.58. The second-order valence-electron chi connectivity index (χ2n) is 5.17. The molecule has 1 N–H and O–H groups in total. The molecule has 0 aliphatic heterocycles. The fourth-order valence-corrected chi connectivity index (χ4v) is 2.89. The van der Waals surface area contributed by atoms with Gasteiger partial charge in [-0.05, 0) is 54.0 Å². The van der Waals surface area contributed by atoms with Gasteiger partial charge in [-0.25, -0.2) is 0 Å². The van der Waals surface area contributed by atoms with Crippen LogP contribution in [0.5, 0.6) is 0 Å². The van der Waals surface area contributed by atoms with E-state index in [9.17, 15) is 9.59 Å². The Balaban J connectivity index is 2.18. The number of carbonyl (C=O) groups excluding carboxylic acids is 2. The Morgan fingerprint density at radius 1 is 1.22 bits per heavy atom. The van der Waals surface area contributed by atoms with Crippen LogP contribution in [0.2, 0.25) is 0 Å². The van der Waals surface area contributed by atoms with Crippen LogP contribution in [-0.4, -0.2) is 34.4 Å². The van der Waals surface area contributed by atoms with E-state index in [2.05, 4.69) is 21.2 Å².